The molecule has 2 N–H and O–H groups in total. The Bertz CT molecular complexity index is 1600. The molecule has 0 radical (unpaired) electrons. The Morgan fingerprint density at radius 3 is 2.49 bits per heavy atom. The maximum atomic E-state index is 12.7. The van der Waals surface area contributed by atoms with E-state index < -0.39 is 5.91 Å². The molecule has 0 atom stereocenters. The number of amides is 1. The minimum Gasteiger partial charge on any atom is -0.494 e. The molecule has 186 valence electrons. The molecule has 2 aromatic heterocycles. The van der Waals surface area contributed by atoms with Crippen LogP contribution in [0.15, 0.2) is 77.2 Å². The third-order valence-electron chi connectivity index (χ3n) is 5.87. The number of nitrogens with one attached hydrogen (secondary N) is 2. The van der Waals surface area contributed by atoms with Gasteiger partial charge in [-0.1, -0.05) is 12.1 Å². The fraction of sp³-hybridized carbons (Fsp3) is 0.143. The molecule has 0 saturated heterocycles. The second-order valence-electron chi connectivity index (χ2n) is 8.49. The standard InChI is InChI=1S/C28H25N5O3S/c1-4-35-22-10-8-21(9-11-22)33-31-23-12-7-20(16-24(23)32-33)29-28(37)30-27(34)26-14-13-25(36-26)19-6-5-17(2)18(3)15-19/h5-16H,4H2,1-3H3,(H2,29,30,34,37). The van der Waals surface area contributed by atoms with Crippen molar-refractivity contribution < 1.29 is 13.9 Å². The summed E-state index contributed by atoms with van der Waals surface area (Å²) < 4.78 is 11.3. The second-order valence-corrected chi connectivity index (χ2v) is 8.90. The van der Waals surface area contributed by atoms with E-state index in [0.717, 1.165) is 28.1 Å². The average Bonchev–Trinajstić information content (AvgIpc) is 3.54. The first-order valence-corrected chi connectivity index (χ1v) is 12.2. The molecular formula is C28H25N5O3S. The molecule has 0 fully saturated rings. The zero-order valence-corrected chi connectivity index (χ0v) is 21.4. The number of carbonyl (C=O) groups is 1. The number of ether oxygens (including phenoxy) is 1. The van der Waals surface area contributed by atoms with E-state index in [0.29, 0.717) is 23.6 Å². The first-order chi connectivity index (χ1) is 17.9. The van der Waals surface area contributed by atoms with Gasteiger partial charge in [0.25, 0.3) is 5.91 Å². The van der Waals surface area contributed by atoms with E-state index in [1.807, 2.05) is 74.5 Å². The number of anilines is 1. The maximum absolute atomic E-state index is 12.7. The Morgan fingerprint density at radius 1 is 0.946 bits per heavy atom. The molecular weight excluding hydrogens is 486 g/mol. The van der Waals surface area contributed by atoms with Crippen LogP contribution in [0.1, 0.15) is 28.6 Å². The van der Waals surface area contributed by atoms with Crippen molar-refractivity contribution in [2.45, 2.75) is 20.8 Å². The highest BCUT2D eigenvalue weighted by Crippen LogP contribution is 2.25. The van der Waals surface area contributed by atoms with Gasteiger partial charge in [-0.05, 0) is 105 Å². The molecule has 0 aliphatic heterocycles. The summed E-state index contributed by atoms with van der Waals surface area (Å²) in [6, 6.07) is 22.5. The Labute approximate surface area is 219 Å². The summed E-state index contributed by atoms with van der Waals surface area (Å²) in [5, 5.41) is 14.9. The highest BCUT2D eigenvalue weighted by Gasteiger charge is 2.15. The van der Waals surface area contributed by atoms with E-state index in [1.54, 1.807) is 16.9 Å². The van der Waals surface area contributed by atoms with E-state index in [2.05, 4.69) is 27.8 Å². The number of aryl methyl sites for hydroxylation is 2. The Kier molecular flexibility index (Phi) is 6.70. The molecule has 0 bridgehead atoms. The van der Waals surface area contributed by atoms with Gasteiger partial charge in [0.1, 0.15) is 22.5 Å². The van der Waals surface area contributed by atoms with Crippen LogP contribution < -0.4 is 15.4 Å². The molecule has 5 aromatic rings. The number of nitrogens with zero attached hydrogens (tertiary/aromatic N) is 3. The van der Waals surface area contributed by atoms with E-state index in [-0.39, 0.29) is 10.9 Å². The fourth-order valence-corrected chi connectivity index (χ4v) is 4.00. The summed E-state index contributed by atoms with van der Waals surface area (Å²) >= 11 is 5.34. The predicted octanol–water partition coefficient (Wildman–Crippen LogP) is 5.82. The quantitative estimate of drug-likeness (QED) is 0.277. The number of aromatic nitrogens is 3. The van der Waals surface area contributed by atoms with Gasteiger partial charge in [-0.2, -0.15) is 4.80 Å². The number of thiocarbonyl (C=S) groups is 1. The molecule has 0 aliphatic carbocycles. The third-order valence-corrected chi connectivity index (χ3v) is 6.07. The number of benzene rings is 3. The minimum absolute atomic E-state index is 0.146. The number of rotatable bonds is 6. The van der Waals surface area contributed by atoms with Gasteiger partial charge in [0, 0.05) is 11.3 Å². The topological polar surface area (TPSA) is 94.2 Å². The molecule has 3 aromatic carbocycles. The van der Waals surface area contributed by atoms with Gasteiger partial charge < -0.3 is 14.5 Å². The third kappa shape index (κ3) is 5.36. The molecule has 0 unspecified atom stereocenters. The van der Waals surface area contributed by atoms with Crippen LogP contribution in [0, 0.1) is 13.8 Å². The van der Waals surface area contributed by atoms with Gasteiger partial charge in [-0.15, -0.1) is 10.2 Å². The molecule has 5 rings (SSSR count). The van der Waals surface area contributed by atoms with Crippen LogP contribution in [0.25, 0.3) is 28.0 Å². The number of fused-ring (bicyclic) bond motifs is 1. The van der Waals surface area contributed by atoms with Gasteiger partial charge in [0.05, 0.1) is 12.3 Å². The molecule has 0 aliphatic rings. The molecule has 9 heteroatoms. The van der Waals surface area contributed by atoms with Gasteiger partial charge in [-0.3, -0.25) is 10.1 Å². The second kappa shape index (κ2) is 10.2. The molecule has 2 heterocycles. The lowest BCUT2D eigenvalue weighted by molar-refractivity contribution is 0.0951. The van der Waals surface area contributed by atoms with Crippen molar-refractivity contribution >= 4 is 40.0 Å². The van der Waals surface area contributed by atoms with Crippen LogP contribution in [0.4, 0.5) is 5.69 Å². The summed E-state index contributed by atoms with van der Waals surface area (Å²) in [5.74, 6) is 1.15. The SMILES string of the molecule is CCOc1ccc(-n2nc3ccc(NC(=S)NC(=O)c4ccc(-c5ccc(C)c(C)c5)o4)cc3n2)cc1. The maximum Gasteiger partial charge on any atom is 0.293 e. The number of furan rings is 1. The summed E-state index contributed by atoms with van der Waals surface area (Å²) in [5.41, 5.74) is 6.15. The van der Waals surface area contributed by atoms with Crippen LogP contribution in [-0.2, 0) is 0 Å². The van der Waals surface area contributed by atoms with Gasteiger partial charge >= 0.3 is 0 Å². The van der Waals surface area contributed by atoms with Crippen molar-refractivity contribution in [1.29, 1.82) is 0 Å². The Morgan fingerprint density at radius 2 is 1.73 bits per heavy atom. The molecule has 37 heavy (non-hydrogen) atoms. The first-order valence-electron chi connectivity index (χ1n) is 11.8. The van der Waals surface area contributed by atoms with Crippen LogP contribution in [-0.4, -0.2) is 32.6 Å². The van der Waals surface area contributed by atoms with Crippen molar-refractivity contribution in [3.05, 3.63) is 89.7 Å². The van der Waals surface area contributed by atoms with E-state index in [4.69, 9.17) is 21.4 Å². The molecule has 0 saturated carbocycles. The summed E-state index contributed by atoms with van der Waals surface area (Å²) in [6.45, 7) is 6.64. The average molecular weight is 512 g/mol. The lowest BCUT2D eigenvalue weighted by Gasteiger charge is -2.08. The first kappa shape index (κ1) is 24.2. The summed E-state index contributed by atoms with van der Waals surface area (Å²) in [4.78, 5) is 14.2. The van der Waals surface area contributed by atoms with Crippen molar-refractivity contribution in [3.63, 3.8) is 0 Å². The minimum atomic E-state index is -0.435. The zero-order chi connectivity index (χ0) is 25.9. The van der Waals surface area contributed by atoms with Gasteiger partial charge in [0.15, 0.2) is 10.9 Å². The van der Waals surface area contributed by atoms with Crippen LogP contribution in [0.3, 0.4) is 0 Å². The lowest BCUT2D eigenvalue weighted by Crippen LogP contribution is -2.33. The Hall–Kier alpha value is -4.50. The van der Waals surface area contributed by atoms with Crippen LogP contribution in [0.5, 0.6) is 5.75 Å². The molecule has 8 nitrogen and oxygen atoms in total. The van der Waals surface area contributed by atoms with E-state index >= 15 is 0 Å². The normalized spacial score (nSPS) is 10.9. The largest absolute Gasteiger partial charge is 0.494 e. The van der Waals surface area contributed by atoms with Crippen molar-refractivity contribution in [2.24, 2.45) is 0 Å². The summed E-state index contributed by atoms with van der Waals surface area (Å²) in [7, 11) is 0. The number of hydrogen-bond donors (Lipinski definition) is 2. The van der Waals surface area contributed by atoms with Gasteiger partial charge in [-0.25, -0.2) is 0 Å². The van der Waals surface area contributed by atoms with E-state index in [1.165, 1.54) is 5.56 Å². The van der Waals surface area contributed by atoms with Crippen molar-refractivity contribution in [3.8, 4) is 22.8 Å². The highest BCUT2D eigenvalue weighted by molar-refractivity contribution is 7.80. The Balaban J connectivity index is 1.24. The number of carbonyl (C=O) groups excluding carboxylic acids is 1. The highest BCUT2D eigenvalue weighted by atomic mass is 32.1. The number of hydrogen-bond acceptors (Lipinski definition) is 6. The van der Waals surface area contributed by atoms with Crippen molar-refractivity contribution in [1.82, 2.24) is 20.3 Å². The van der Waals surface area contributed by atoms with E-state index in [9.17, 15) is 4.79 Å². The van der Waals surface area contributed by atoms with Crippen molar-refractivity contribution in [2.75, 3.05) is 11.9 Å². The lowest BCUT2D eigenvalue weighted by atomic mass is 10.1. The van der Waals surface area contributed by atoms with Crippen LogP contribution in [0.2, 0.25) is 0 Å². The van der Waals surface area contributed by atoms with Crippen LogP contribution >= 0.6 is 12.2 Å². The zero-order valence-electron chi connectivity index (χ0n) is 20.6. The summed E-state index contributed by atoms with van der Waals surface area (Å²) in [6.07, 6.45) is 0. The van der Waals surface area contributed by atoms with Gasteiger partial charge in [0.2, 0.25) is 0 Å². The smallest absolute Gasteiger partial charge is 0.293 e. The molecule has 0 spiro atoms. The predicted molar refractivity (Wildman–Crippen MR) is 147 cm³/mol. The monoisotopic (exact) mass is 511 g/mol. The fourth-order valence-electron chi connectivity index (χ4n) is 3.79. The molecule has 1 amide bonds.